The van der Waals surface area contributed by atoms with Gasteiger partial charge in [-0.1, -0.05) is 147 Å². The Morgan fingerprint density at radius 3 is 1.09 bits per heavy atom. The monoisotopic (exact) mass is 874 g/mol. The van der Waals surface area contributed by atoms with E-state index in [-0.39, 0.29) is 0 Å². The van der Waals surface area contributed by atoms with Crippen LogP contribution >= 0.6 is 0 Å². The molecule has 318 valence electrons. The Bertz CT molecular complexity index is 3410. The molecule has 5 heteroatoms. The Morgan fingerprint density at radius 1 is 0.323 bits per heavy atom. The smallest absolute Gasteiger partial charge is 0.136 e. The second kappa shape index (κ2) is 15.4. The number of aryl methyl sites for hydroxylation is 2. The third kappa shape index (κ3) is 7.20. The average Bonchev–Trinajstić information content (AvgIpc) is 3.63. The molecule has 0 aliphatic heterocycles. The van der Waals surface area contributed by atoms with Crippen molar-refractivity contribution in [1.29, 1.82) is 0 Å². The highest BCUT2D eigenvalue weighted by atomic mass is 28.3. The summed E-state index contributed by atoms with van der Waals surface area (Å²) in [4.78, 5) is 4.94. The van der Waals surface area contributed by atoms with Gasteiger partial charge >= 0.3 is 0 Å². The molecule has 11 aromatic rings. The third-order valence-electron chi connectivity index (χ3n) is 13.3. The van der Waals surface area contributed by atoms with Gasteiger partial charge in [-0.2, -0.15) is 0 Å². The first-order valence-corrected chi connectivity index (χ1v) is 29.9. The molecule has 65 heavy (non-hydrogen) atoms. The van der Waals surface area contributed by atoms with Crippen LogP contribution in [0.1, 0.15) is 11.1 Å². The summed E-state index contributed by atoms with van der Waals surface area (Å²) in [5, 5.41) is 15.1. The first-order chi connectivity index (χ1) is 31.3. The molecule has 3 nitrogen and oxygen atoms in total. The van der Waals surface area contributed by atoms with Gasteiger partial charge in [0.15, 0.2) is 0 Å². The lowest BCUT2D eigenvalue weighted by atomic mass is 10.0. The maximum Gasteiger partial charge on any atom is 0.136 e. The molecular weight excluding hydrogens is 821 g/mol. The van der Waals surface area contributed by atoms with Gasteiger partial charge in [-0.05, 0) is 152 Å². The predicted molar refractivity (Wildman–Crippen MR) is 289 cm³/mol. The fraction of sp³-hybridized carbons (Fsp3) is 0.133. The van der Waals surface area contributed by atoms with Crippen molar-refractivity contribution in [2.24, 2.45) is 0 Å². The lowest BCUT2D eigenvalue weighted by Gasteiger charge is -2.32. The molecule has 0 amide bonds. The van der Waals surface area contributed by atoms with Gasteiger partial charge in [0.2, 0.25) is 0 Å². The van der Waals surface area contributed by atoms with Crippen LogP contribution in [-0.2, 0) is 0 Å². The lowest BCUT2D eigenvalue weighted by Crippen LogP contribution is -2.41. The summed E-state index contributed by atoms with van der Waals surface area (Å²) in [5.74, 6) is 0. The number of rotatable bonds is 8. The highest BCUT2D eigenvalue weighted by molar-refractivity contribution is 6.92. The highest BCUT2D eigenvalue weighted by Gasteiger charge is 2.29. The molecule has 0 bridgehead atoms. The van der Waals surface area contributed by atoms with Crippen LogP contribution in [0.4, 0.5) is 34.1 Å². The van der Waals surface area contributed by atoms with Gasteiger partial charge in [0.05, 0.1) is 16.1 Å². The minimum absolute atomic E-state index is 0.896. The van der Waals surface area contributed by atoms with Gasteiger partial charge in [0.1, 0.15) is 11.2 Å². The van der Waals surface area contributed by atoms with Crippen molar-refractivity contribution < 1.29 is 4.42 Å². The molecular formula is C60H54N2OSi2. The summed E-state index contributed by atoms with van der Waals surface area (Å²) in [5.41, 5.74) is 11.4. The van der Waals surface area contributed by atoms with Crippen LogP contribution in [0.3, 0.4) is 0 Å². The van der Waals surface area contributed by atoms with Gasteiger partial charge in [0, 0.05) is 44.9 Å². The van der Waals surface area contributed by atoms with Crippen LogP contribution in [0.5, 0.6) is 0 Å². The fourth-order valence-corrected chi connectivity index (χ4v) is 14.2. The van der Waals surface area contributed by atoms with E-state index in [9.17, 15) is 0 Å². The SMILES string of the molecule is Cc1ccc(N(c2ccc3cc4c(cc3c2)oc2cc3cc(N(c5ccc(C)cc5)c5ccc6ccccc6c5[Si](C)(C)C)ccc3cc24)c2ccc3ccccc3c2[Si](C)(C)C)cc1. The van der Waals surface area contributed by atoms with E-state index in [2.05, 4.69) is 245 Å². The number of furan rings is 1. The number of nitrogens with zero attached hydrogens (tertiary/aromatic N) is 2. The molecule has 0 atom stereocenters. The second-order valence-electron chi connectivity index (χ2n) is 20.1. The maximum absolute atomic E-state index is 6.84. The quantitative estimate of drug-likeness (QED) is 0.142. The van der Waals surface area contributed by atoms with Gasteiger partial charge in [-0.3, -0.25) is 0 Å². The van der Waals surface area contributed by atoms with Crippen molar-refractivity contribution in [3.05, 3.63) is 193 Å². The van der Waals surface area contributed by atoms with Crippen molar-refractivity contribution >= 4 is 126 Å². The molecule has 0 aliphatic rings. The van der Waals surface area contributed by atoms with Crippen molar-refractivity contribution in [3.8, 4) is 0 Å². The number of fused-ring (bicyclic) bond motifs is 7. The number of benzene rings is 10. The van der Waals surface area contributed by atoms with E-state index in [4.69, 9.17) is 4.42 Å². The zero-order valence-electron chi connectivity index (χ0n) is 38.6. The van der Waals surface area contributed by atoms with Crippen molar-refractivity contribution in [2.75, 3.05) is 9.80 Å². The minimum Gasteiger partial charge on any atom is -0.456 e. The van der Waals surface area contributed by atoms with E-state index in [0.717, 1.165) is 55.5 Å². The Hall–Kier alpha value is -6.93. The minimum atomic E-state index is -1.84. The van der Waals surface area contributed by atoms with E-state index < -0.39 is 16.1 Å². The zero-order chi connectivity index (χ0) is 44.8. The molecule has 0 aliphatic carbocycles. The van der Waals surface area contributed by atoms with Gasteiger partial charge < -0.3 is 14.2 Å². The summed E-state index contributed by atoms with van der Waals surface area (Å²) in [6.45, 7) is 19.1. The molecule has 1 heterocycles. The lowest BCUT2D eigenvalue weighted by molar-refractivity contribution is 0.670. The highest BCUT2D eigenvalue weighted by Crippen LogP contribution is 2.42. The third-order valence-corrected chi connectivity index (χ3v) is 17.3. The number of hydrogen-bond acceptors (Lipinski definition) is 3. The van der Waals surface area contributed by atoms with Crippen LogP contribution in [0, 0.1) is 13.8 Å². The zero-order valence-corrected chi connectivity index (χ0v) is 40.6. The first-order valence-electron chi connectivity index (χ1n) is 22.9. The molecule has 0 radical (unpaired) electrons. The predicted octanol–water partition coefficient (Wildman–Crippen LogP) is 16.8. The molecule has 0 spiro atoms. The van der Waals surface area contributed by atoms with E-state index in [1.807, 2.05) is 0 Å². The fourth-order valence-electron chi connectivity index (χ4n) is 10.2. The summed E-state index contributed by atoms with van der Waals surface area (Å²) in [6, 6.07) is 67.9. The summed E-state index contributed by atoms with van der Waals surface area (Å²) >= 11 is 0. The van der Waals surface area contributed by atoms with E-state index >= 15 is 0 Å². The van der Waals surface area contributed by atoms with Crippen molar-refractivity contribution in [2.45, 2.75) is 53.1 Å². The molecule has 11 rings (SSSR count). The van der Waals surface area contributed by atoms with E-state index in [1.54, 1.807) is 0 Å². The topological polar surface area (TPSA) is 19.6 Å². The molecule has 0 saturated carbocycles. The van der Waals surface area contributed by atoms with Gasteiger partial charge in [-0.25, -0.2) is 0 Å². The van der Waals surface area contributed by atoms with Crippen LogP contribution in [0.15, 0.2) is 186 Å². The van der Waals surface area contributed by atoms with Crippen LogP contribution in [0.2, 0.25) is 39.3 Å². The standard InChI is InChI=1S/C60H54N2OSi2/c1-39-17-25-47(26-18-39)61(55-31-23-41-13-9-11-15-51(41)59(55)64(3,4)5)49-29-21-43-35-53-54-36-44-22-30-50(34-46(44)38-58(54)63-57(53)37-45(43)33-49)62(48-27-19-40(2)20-28-48)56-32-24-42-14-10-12-16-52(42)60(56)65(6,7)8/h9-38H,1-8H3. The van der Waals surface area contributed by atoms with Gasteiger partial charge in [0.25, 0.3) is 0 Å². The Balaban J connectivity index is 1.05. The average molecular weight is 875 g/mol. The molecule has 0 unspecified atom stereocenters. The van der Waals surface area contributed by atoms with Crippen molar-refractivity contribution in [1.82, 2.24) is 0 Å². The molecule has 0 fully saturated rings. The van der Waals surface area contributed by atoms with Gasteiger partial charge in [-0.15, -0.1) is 0 Å². The summed E-state index contributed by atoms with van der Waals surface area (Å²) in [7, 11) is -3.67. The van der Waals surface area contributed by atoms with Crippen LogP contribution < -0.4 is 20.2 Å². The maximum atomic E-state index is 6.84. The Kier molecular flexibility index (Phi) is 9.65. The largest absolute Gasteiger partial charge is 0.456 e. The molecule has 0 N–H and O–H groups in total. The number of hydrogen-bond donors (Lipinski definition) is 0. The van der Waals surface area contributed by atoms with Crippen LogP contribution in [-0.4, -0.2) is 16.1 Å². The molecule has 0 saturated heterocycles. The molecule has 10 aromatic carbocycles. The van der Waals surface area contributed by atoms with E-state index in [0.29, 0.717) is 0 Å². The Morgan fingerprint density at radius 2 is 0.692 bits per heavy atom. The molecule has 1 aromatic heterocycles. The summed E-state index contributed by atoms with van der Waals surface area (Å²) < 4.78 is 6.84. The summed E-state index contributed by atoms with van der Waals surface area (Å²) in [6.07, 6.45) is 0. The second-order valence-corrected chi connectivity index (χ2v) is 30.1. The van der Waals surface area contributed by atoms with E-state index in [1.165, 1.54) is 65.2 Å². The van der Waals surface area contributed by atoms with Crippen LogP contribution in [0.25, 0.3) is 65.0 Å². The number of anilines is 6. The van der Waals surface area contributed by atoms with Crippen molar-refractivity contribution in [3.63, 3.8) is 0 Å². The first kappa shape index (κ1) is 40.8. The normalized spacial score (nSPS) is 12.3. The Labute approximate surface area is 384 Å².